The molecule has 1 aromatic carbocycles. The van der Waals surface area contributed by atoms with Gasteiger partial charge in [-0.3, -0.25) is 19.5 Å². The van der Waals surface area contributed by atoms with Gasteiger partial charge in [-0.15, -0.1) is 24.0 Å². The van der Waals surface area contributed by atoms with Crippen LogP contribution >= 0.6 is 35.6 Å². The number of ether oxygens (including phenoxy) is 1. The van der Waals surface area contributed by atoms with E-state index >= 15 is 0 Å². The predicted octanol–water partition coefficient (Wildman–Crippen LogP) is 2.60. The average Bonchev–Trinajstić information content (AvgIpc) is 2.65. The third-order valence-electron chi connectivity index (χ3n) is 4.27. The highest BCUT2D eigenvalue weighted by Gasteiger charge is 2.25. The summed E-state index contributed by atoms with van der Waals surface area (Å²) in [7, 11) is 1.61. The molecule has 2 N–H and O–H groups in total. The highest BCUT2D eigenvalue weighted by Crippen LogP contribution is 2.22. The van der Waals surface area contributed by atoms with E-state index in [1.807, 2.05) is 19.1 Å². The Balaban J connectivity index is 0.00000392. The molecule has 1 saturated heterocycles. The normalized spacial score (nSPS) is 14.5. The topological polar surface area (TPSA) is 83.0 Å². The number of benzene rings is 1. The number of piperidine rings is 1. The summed E-state index contributed by atoms with van der Waals surface area (Å²) >= 11 is 6.25. The quantitative estimate of drug-likeness (QED) is 0.237. The van der Waals surface area contributed by atoms with Gasteiger partial charge in [0.2, 0.25) is 11.8 Å². The van der Waals surface area contributed by atoms with Crippen molar-refractivity contribution >= 4 is 53.4 Å². The summed E-state index contributed by atoms with van der Waals surface area (Å²) in [6.07, 6.45) is 2.24. The number of hydrogen-bond acceptors (Lipinski definition) is 4. The van der Waals surface area contributed by atoms with Crippen LogP contribution in [0.25, 0.3) is 0 Å². The van der Waals surface area contributed by atoms with Crippen LogP contribution in [0.15, 0.2) is 23.2 Å². The van der Waals surface area contributed by atoms with E-state index in [4.69, 9.17) is 16.3 Å². The number of nitrogens with one attached hydrogen (secondary N) is 2. The lowest BCUT2D eigenvalue weighted by molar-refractivity contribution is -0.147. The first-order valence-corrected chi connectivity index (χ1v) is 9.60. The van der Waals surface area contributed by atoms with Gasteiger partial charge in [-0.2, -0.15) is 0 Å². The lowest BCUT2D eigenvalue weighted by Gasteiger charge is -2.25. The Kier molecular flexibility index (Phi) is 11.2. The van der Waals surface area contributed by atoms with Gasteiger partial charge in [0.25, 0.3) is 0 Å². The van der Waals surface area contributed by atoms with Crippen molar-refractivity contribution in [3.8, 4) is 5.75 Å². The third-order valence-corrected chi connectivity index (χ3v) is 4.62. The molecule has 0 spiro atoms. The van der Waals surface area contributed by atoms with Crippen LogP contribution in [0.1, 0.15) is 31.7 Å². The molecule has 1 aliphatic heterocycles. The zero-order chi connectivity index (χ0) is 19.6. The molecule has 1 fully saturated rings. The molecule has 0 saturated carbocycles. The molecule has 156 valence electrons. The summed E-state index contributed by atoms with van der Waals surface area (Å²) < 4.78 is 5.15. The third kappa shape index (κ3) is 7.46. The molecule has 0 radical (unpaired) electrons. The van der Waals surface area contributed by atoms with E-state index in [1.165, 1.54) is 4.90 Å². The summed E-state index contributed by atoms with van der Waals surface area (Å²) in [6.45, 7) is 4.08. The van der Waals surface area contributed by atoms with E-state index in [0.717, 1.165) is 17.9 Å². The number of hydrogen-bond donors (Lipinski definition) is 2. The second-order valence-corrected chi connectivity index (χ2v) is 6.59. The standard InChI is InChI=1S/C19H27ClN4O3.HI/c1-3-21-19(23-11-12-24-17(25)5-4-6-18(24)26)22-10-9-14-7-8-15(27-2)13-16(14)20;/h7-8,13H,3-6,9-12H2,1-2H3,(H2,21,22,23);1H. The minimum absolute atomic E-state index is 0. The number of guanidine groups is 1. The van der Waals surface area contributed by atoms with Crippen LogP contribution in [0.3, 0.4) is 0 Å². The number of rotatable bonds is 8. The number of halogens is 2. The second kappa shape index (κ2) is 12.8. The van der Waals surface area contributed by atoms with Crippen molar-refractivity contribution in [3.05, 3.63) is 28.8 Å². The Hall–Kier alpha value is -1.55. The Morgan fingerprint density at radius 3 is 2.57 bits per heavy atom. The molecule has 2 rings (SSSR count). The number of methoxy groups -OCH3 is 1. The fraction of sp³-hybridized carbons (Fsp3) is 0.526. The van der Waals surface area contributed by atoms with Crippen molar-refractivity contribution in [2.75, 3.05) is 33.3 Å². The number of amides is 2. The summed E-state index contributed by atoms with van der Waals surface area (Å²) in [6, 6.07) is 5.60. The molecule has 9 heteroatoms. The maximum absolute atomic E-state index is 11.8. The fourth-order valence-corrected chi connectivity index (χ4v) is 3.09. The zero-order valence-corrected chi connectivity index (χ0v) is 19.4. The van der Waals surface area contributed by atoms with Gasteiger partial charge in [-0.05, 0) is 37.5 Å². The maximum atomic E-state index is 11.8. The first-order chi connectivity index (χ1) is 13.0. The second-order valence-electron chi connectivity index (χ2n) is 6.19. The average molecular weight is 523 g/mol. The monoisotopic (exact) mass is 522 g/mol. The van der Waals surface area contributed by atoms with Gasteiger partial charge < -0.3 is 15.4 Å². The lowest BCUT2D eigenvalue weighted by Crippen LogP contribution is -2.46. The molecule has 0 unspecified atom stereocenters. The van der Waals surface area contributed by atoms with Gasteiger partial charge in [-0.1, -0.05) is 17.7 Å². The van der Waals surface area contributed by atoms with Crippen molar-refractivity contribution in [1.82, 2.24) is 15.5 Å². The van der Waals surface area contributed by atoms with Crippen molar-refractivity contribution < 1.29 is 14.3 Å². The van der Waals surface area contributed by atoms with Crippen LogP contribution in [0.4, 0.5) is 0 Å². The SMILES string of the molecule is CCNC(=NCCc1ccc(OC)cc1Cl)NCCN1C(=O)CCCC1=O.I. The molecule has 2 amide bonds. The molecule has 0 aromatic heterocycles. The molecule has 0 atom stereocenters. The van der Waals surface area contributed by atoms with Crippen molar-refractivity contribution in [2.45, 2.75) is 32.6 Å². The fourth-order valence-electron chi connectivity index (χ4n) is 2.82. The largest absolute Gasteiger partial charge is 0.497 e. The number of aliphatic imine (C=N–C) groups is 1. The smallest absolute Gasteiger partial charge is 0.229 e. The van der Waals surface area contributed by atoms with E-state index < -0.39 is 0 Å². The maximum Gasteiger partial charge on any atom is 0.229 e. The minimum Gasteiger partial charge on any atom is -0.497 e. The van der Waals surface area contributed by atoms with Crippen LogP contribution in [0, 0.1) is 0 Å². The van der Waals surface area contributed by atoms with E-state index in [-0.39, 0.29) is 35.8 Å². The highest BCUT2D eigenvalue weighted by atomic mass is 127. The van der Waals surface area contributed by atoms with E-state index in [0.29, 0.717) is 56.3 Å². The molecule has 1 heterocycles. The van der Waals surface area contributed by atoms with Crippen LogP contribution in [0.5, 0.6) is 5.75 Å². The summed E-state index contributed by atoms with van der Waals surface area (Å²) in [5.74, 6) is 1.19. The predicted molar refractivity (Wildman–Crippen MR) is 122 cm³/mol. The molecule has 0 aliphatic carbocycles. The van der Waals surface area contributed by atoms with Crippen molar-refractivity contribution in [3.63, 3.8) is 0 Å². The van der Waals surface area contributed by atoms with E-state index in [9.17, 15) is 9.59 Å². The van der Waals surface area contributed by atoms with Gasteiger partial charge in [0.05, 0.1) is 7.11 Å². The first-order valence-electron chi connectivity index (χ1n) is 9.23. The van der Waals surface area contributed by atoms with Crippen LogP contribution in [-0.2, 0) is 16.0 Å². The van der Waals surface area contributed by atoms with Gasteiger partial charge in [0.15, 0.2) is 5.96 Å². The minimum atomic E-state index is -0.0934. The molecule has 1 aliphatic rings. The molecule has 7 nitrogen and oxygen atoms in total. The van der Waals surface area contributed by atoms with Crippen molar-refractivity contribution in [2.24, 2.45) is 4.99 Å². The number of carbonyl (C=O) groups is 2. The molecule has 0 bridgehead atoms. The Morgan fingerprint density at radius 2 is 1.96 bits per heavy atom. The van der Waals surface area contributed by atoms with Crippen LogP contribution in [-0.4, -0.2) is 56.0 Å². The zero-order valence-electron chi connectivity index (χ0n) is 16.3. The summed E-state index contributed by atoms with van der Waals surface area (Å²) in [4.78, 5) is 29.5. The molecule has 1 aromatic rings. The van der Waals surface area contributed by atoms with E-state index in [1.54, 1.807) is 13.2 Å². The number of carbonyl (C=O) groups excluding carboxylic acids is 2. The summed E-state index contributed by atoms with van der Waals surface area (Å²) in [5, 5.41) is 6.98. The van der Waals surface area contributed by atoms with Crippen LogP contribution in [0.2, 0.25) is 5.02 Å². The van der Waals surface area contributed by atoms with E-state index in [2.05, 4.69) is 15.6 Å². The number of likely N-dealkylation sites (tertiary alicyclic amines) is 1. The Morgan fingerprint density at radius 1 is 1.25 bits per heavy atom. The number of nitrogens with zero attached hydrogens (tertiary/aromatic N) is 2. The van der Waals surface area contributed by atoms with Gasteiger partial charge in [0.1, 0.15) is 5.75 Å². The Bertz CT molecular complexity index is 684. The molecule has 28 heavy (non-hydrogen) atoms. The summed E-state index contributed by atoms with van der Waals surface area (Å²) in [5.41, 5.74) is 1.00. The highest BCUT2D eigenvalue weighted by molar-refractivity contribution is 14.0. The molecular weight excluding hydrogens is 495 g/mol. The van der Waals surface area contributed by atoms with Gasteiger partial charge >= 0.3 is 0 Å². The Labute approximate surface area is 188 Å². The first kappa shape index (κ1) is 24.5. The van der Waals surface area contributed by atoms with Crippen molar-refractivity contribution in [1.29, 1.82) is 0 Å². The van der Waals surface area contributed by atoms with Gasteiger partial charge in [-0.25, -0.2) is 0 Å². The lowest BCUT2D eigenvalue weighted by atomic mass is 10.1. The number of imide groups is 1. The van der Waals surface area contributed by atoms with Crippen LogP contribution < -0.4 is 15.4 Å². The van der Waals surface area contributed by atoms with Gasteiger partial charge in [0, 0.05) is 44.0 Å². The molecular formula is C19H28ClIN4O3.